The van der Waals surface area contributed by atoms with Crippen LogP contribution in [0.3, 0.4) is 0 Å². The van der Waals surface area contributed by atoms with Gasteiger partial charge in [0.1, 0.15) is 5.69 Å². The fourth-order valence-electron chi connectivity index (χ4n) is 2.40. The largest absolute Gasteiger partial charge is 0.462 e. The summed E-state index contributed by atoms with van der Waals surface area (Å²) in [4.78, 5) is 33.3. The van der Waals surface area contributed by atoms with E-state index in [0.717, 1.165) is 13.0 Å². The predicted molar refractivity (Wildman–Crippen MR) is 105 cm³/mol. The van der Waals surface area contributed by atoms with E-state index in [4.69, 9.17) is 4.74 Å². The van der Waals surface area contributed by atoms with Crippen LogP contribution in [0.5, 0.6) is 0 Å². The number of carbonyl (C=O) groups excluding carboxylic acids is 2. The second-order valence-corrected chi connectivity index (χ2v) is 6.55. The Labute approximate surface area is 159 Å². The van der Waals surface area contributed by atoms with E-state index in [2.05, 4.69) is 34.4 Å². The Bertz CT molecular complexity index is 806. The number of amides is 1. The van der Waals surface area contributed by atoms with Crippen molar-refractivity contribution in [1.82, 2.24) is 9.97 Å². The lowest BCUT2D eigenvalue weighted by molar-refractivity contribution is 0.0527. The number of carbonyl (C=O) groups is 2. The van der Waals surface area contributed by atoms with Gasteiger partial charge in [0, 0.05) is 12.2 Å². The molecule has 144 valence electrons. The highest BCUT2D eigenvalue weighted by molar-refractivity contribution is 6.07. The summed E-state index contributed by atoms with van der Waals surface area (Å²) in [5.74, 6) is 0.0800. The first-order valence-corrected chi connectivity index (χ1v) is 9.07. The zero-order valence-electron chi connectivity index (χ0n) is 16.2. The first kappa shape index (κ1) is 20.4. The van der Waals surface area contributed by atoms with Crippen LogP contribution in [0, 0.1) is 12.8 Å². The minimum Gasteiger partial charge on any atom is -0.462 e. The van der Waals surface area contributed by atoms with Gasteiger partial charge in [-0.3, -0.25) is 4.79 Å². The van der Waals surface area contributed by atoms with Crippen LogP contribution < -0.4 is 10.6 Å². The van der Waals surface area contributed by atoms with Crippen molar-refractivity contribution in [2.24, 2.45) is 5.92 Å². The van der Waals surface area contributed by atoms with Crippen LogP contribution in [0.2, 0.25) is 0 Å². The van der Waals surface area contributed by atoms with Crippen molar-refractivity contribution in [3.63, 3.8) is 0 Å². The highest BCUT2D eigenvalue weighted by atomic mass is 16.5. The summed E-state index contributed by atoms with van der Waals surface area (Å²) < 4.78 is 5.03. The van der Waals surface area contributed by atoms with Crippen LogP contribution in [-0.4, -0.2) is 35.0 Å². The number of nitrogens with one attached hydrogen (secondary N) is 2. The van der Waals surface area contributed by atoms with Gasteiger partial charge in [-0.15, -0.1) is 0 Å². The van der Waals surface area contributed by atoms with E-state index in [1.807, 2.05) is 0 Å². The van der Waals surface area contributed by atoms with Gasteiger partial charge in [0.2, 0.25) is 5.95 Å². The minimum atomic E-state index is -0.483. The van der Waals surface area contributed by atoms with Crippen LogP contribution in [-0.2, 0) is 4.74 Å². The summed E-state index contributed by atoms with van der Waals surface area (Å²) in [6.45, 7) is 8.80. The number of ether oxygens (including phenoxy) is 1. The number of rotatable bonds is 8. The third-order valence-electron chi connectivity index (χ3n) is 3.76. The number of hydrogen-bond donors (Lipinski definition) is 2. The van der Waals surface area contributed by atoms with Gasteiger partial charge < -0.3 is 15.4 Å². The van der Waals surface area contributed by atoms with Gasteiger partial charge in [-0.05, 0) is 44.4 Å². The maximum Gasteiger partial charge on any atom is 0.340 e. The Morgan fingerprint density at radius 2 is 1.93 bits per heavy atom. The molecule has 0 fully saturated rings. The predicted octanol–water partition coefficient (Wildman–Crippen LogP) is 3.67. The first-order valence-electron chi connectivity index (χ1n) is 9.07. The number of nitrogens with zero attached hydrogens (tertiary/aromatic N) is 2. The standard InChI is InChI=1S/C20H26N4O3/c1-5-27-19(26)15-8-6-7-9-16(15)23-18(25)17-12-14(4)22-20(24-17)21-11-10-13(2)3/h6-9,12-13H,5,10-11H2,1-4H3,(H,23,25)(H,21,22,24). The van der Waals surface area contributed by atoms with Gasteiger partial charge in [0.25, 0.3) is 5.91 Å². The number of para-hydroxylation sites is 1. The molecule has 0 aliphatic heterocycles. The molecule has 0 saturated carbocycles. The molecule has 7 heteroatoms. The maximum atomic E-state index is 12.7. The molecular weight excluding hydrogens is 344 g/mol. The molecule has 0 saturated heterocycles. The summed E-state index contributed by atoms with van der Waals surface area (Å²) in [7, 11) is 0. The fourth-order valence-corrected chi connectivity index (χ4v) is 2.40. The smallest absolute Gasteiger partial charge is 0.340 e. The third kappa shape index (κ3) is 6.06. The number of anilines is 2. The van der Waals surface area contributed by atoms with E-state index in [0.29, 0.717) is 28.8 Å². The second-order valence-electron chi connectivity index (χ2n) is 6.55. The van der Waals surface area contributed by atoms with Gasteiger partial charge in [-0.2, -0.15) is 0 Å². The molecule has 0 spiro atoms. The van der Waals surface area contributed by atoms with Crippen LogP contribution in [0.1, 0.15) is 53.7 Å². The number of benzene rings is 1. The minimum absolute atomic E-state index is 0.230. The van der Waals surface area contributed by atoms with E-state index in [1.54, 1.807) is 44.2 Å². The monoisotopic (exact) mass is 370 g/mol. The zero-order valence-corrected chi connectivity index (χ0v) is 16.2. The molecule has 0 unspecified atom stereocenters. The number of esters is 1. The molecule has 1 heterocycles. The van der Waals surface area contributed by atoms with Gasteiger partial charge in [0.05, 0.1) is 17.9 Å². The van der Waals surface area contributed by atoms with Gasteiger partial charge >= 0.3 is 5.97 Å². The molecular formula is C20H26N4O3. The fraction of sp³-hybridized carbons (Fsp3) is 0.400. The average molecular weight is 370 g/mol. The number of aromatic nitrogens is 2. The SMILES string of the molecule is CCOC(=O)c1ccccc1NC(=O)c1cc(C)nc(NCCC(C)C)n1. The topological polar surface area (TPSA) is 93.2 Å². The van der Waals surface area contributed by atoms with Crippen LogP contribution in [0.25, 0.3) is 0 Å². The van der Waals surface area contributed by atoms with Gasteiger partial charge in [-0.1, -0.05) is 26.0 Å². The second kappa shape index (κ2) is 9.66. The van der Waals surface area contributed by atoms with Crippen molar-refractivity contribution in [3.05, 3.63) is 47.3 Å². The lowest BCUT2D eigenvalue weighted by atomic mass is 10.1. The zero-order chi connectivity index (χ0) is 19.8. The molecule has 0 atom stereocenters. The summed E-state index contributed by atoms with van der Waals surface area (Å²) in [5.41, 5.74) is 1.59. The van der Waals surface area contributed by atoms with Gasteiger partial charge in [0.15, 0.2) is 0 Å². The van der Waals surface area contributed by atoms with Crippen molar-refractivity contribution in [2.45, 2.75) is 34.1 Å². The summed E-state index contributed by atoms with van der Waals surface area (Å²) in [6, 6.07) is 8.32. The molecule has 1 aromatic heterocycles. The van der Waals surface area contributed by atoms with E-state index in [1.165, 1.54) is 0 Å². The molecule has 0 radical (unpaired) electrons. The van der Waals surface area contributed by atoms with Crippen LogP contribution in [0.15, 0.2) is 30.3 Å². The van der Waals surface area contributed by atoms with E-state index < -0.39 is 11.9 Å². The lowest BCUT2D eigenvalue weighted by Crippen LogP contribution is -2.18. The molecule has 2 aromatic rings. The quantitative estimate of drug-likeness (QED) is 0.689. The van der Waals surface area contributed by atoms with Crippen LogP contribution in [0.4, 0.5) is 11.6 Å². The molecule has 0 aliphatic rings. The lowest BCUT2D eigenvalue weighted by Gasteiger charge is -2.12. The van der Waals surface area contributed by atoms with Crippen molar-refractivity contribution in [3.8, 4) is 0 Å². The van der Waals surface area contributed by atoms with Gasteiger partial charge in [-0.25, -0.2) is 14.8 Å². The average Bonchev–Trinajstić information content (AvgIpc) is 2.61. The number of aryl methyl sites for hydroxylation is 1. The van der Waals surface area contributed by atoms with Crippen molar-refractivity contribution in [2.75, 3.05) is 23.8 Å². The van der Waals surface area contributed by atoms with Crippen molar-refractivity contribution in [1.29, 1.82) is 0 Å². The molecule has 2 rings (SSSR count). The highest BCUT2D eigenvalue weighted by Gasteiger charge is 2.16. The van der Waals surface area contributed by atoms with Crippen molar-refractivity contribution < 1.29 is 14.3 Å². The summed E-state index contributed by atoms with van der Waals surface area (Å²) >= 11 is 0. The molecule has 0 aliphatic carbocycles. The van der Waals surface area contributed by atoms with E-state index >= 15 is 0 Å². The maximum absolute atomic E-state index is 12.7. The Balaban J connectivity index is 2.17. The Morgan fingerprint density at radius 3 is 2.63 bits per heavy atom. The molecule has 0 bridgehead atoms. The van der Waals surface area contributed by atoms with Crippen LogP contribution >= 0.6 is 0 Å². The van der Waals surface area contributed by atoms with E-state index in [9.17, 15) is 9.59 Å². The third-order valence-corrected chi connectivity index (χ3v) is 3.76. The molecule has 7 nitrogen and oxygen atoms in total. The Kier molecular flexibility index (Phi) is 7.28. The number of hydrogen-bond acceptors (Lipinski definition) is 6. The summed E-state index contributed by atoms with van der Waals surface area (Å²) in [5, 5.41) is 5.88. The molecule has 27 heavy (non-hydrogen) atoms. The normalized spacial score (nSPS) is 10.6. The Hall–Kier alpha value is -2.96. The highest BCUT2D eigenvalue weighted by Crippen LogP contribution is 2.17. The molecule has 2 N–H and O–H groups in total. The van der Waals surface area contributed by atoms with E-state index in [-0.39, 0.29) is 12.3 Å². The molecule has 1 amide bonds. The Morgan fingerprint density at radius 1 is 1.19 bits per heavy atom. The van der Waals surface area contributed by atoms with Crippen molar-refractivity contribution >= 4 is 23.5 Å². The summed E-state index contributed by atoms with van der Waals surface area (Å²) in [6.07, 6.45) is 0.978. The molecule has 1 aromatic carbocycles. The first-order chi connectivity index (χ1) is 12.9.